The van der Waals surface area contributed by atoms with Crippen molar-refractivity contribution in [3.8, 4) is 5.75 Å². The van der Waals surface area contributed by atoms with Crippen LogP contribution >= 0.6 is 15.9 Å². The predicted molar refractivity (Wildman–Crippen MR) is 58.0 cm³/mol. The number of carbonyl (C=O) groups excluding carboxylic acids is 1. The van der Waals surface area contributed by atoms with E-state index in [1.54, 1.807) is 18.2 Å². The summed E-state index contributed by atoms with van der Waals surface area (Å²) in [4.78, 5) is 12.5. The number of hydrogen-bond donors (Lipinski definition) is 0. The van der Waals surface area contributed by atoms with Crippen LogP contribution in [-0.4, -0.2) is 25.5 Å². The van der Waals surface area contributed by atoms with Gasteiger partial charge in [-0.15, -0.1) is 0 Å². The van der Waals surface area contributed by atoms with E-state index >= 15 is 0 Å². The van der Waals surface area contributed by atoms with Gasteiger partial charge in [0.25, 0.3) is 12.3 Å². The topological polar surface area (TPSA) is 29.5 Å². The lowest BCUT2D eigenvalue weighted by Crippen LogP contribution is -2.41. The fourth-order valence-corrected chi connectivity index (χ4v) is 1.86. The summed E-state index contributed by atoms with van der Waals surface area (Å²) in [5, 5.41) is 0. The van der Waals surface area contributed by atoms with Crippen LogP contribution in [0, 0.1) is 0 Å². The lowest BCUT2D eigenvalue weighted by Gasteiger charge is -2.29. The van der Waals surface area contributed by atoms with Gasteiger partial charge in [0, 0.05) is 4.47 Å². The van der Waals surface area contributed by atoms with Gasteiger partial charge in [-0.3, -0.25) is 4.79 Å². The molecule has 6 heteroatoms. The monoisotopic (exact) mass is 291 g/mol. The van der Waals surface area contributed by atoms with Crippen molar-refractivity contribution in [2.45, 2.75) is 6.43 Å². The lowest BCUT2D eigenvalue weighted by molar-refractivity contribution is -0.121. The molecule has 0 aliphatic carbocycles. The first kappa shape index (κ1) is 11.3. The summed E-state index contributed by atoms with van der Waals surface area (Å²) in [5.41, 5.74) is 0.380. The van der Waals surface area contributed by atoms with Crippen molar-refractivity contribution in [2.24, 2.45) is 0 Å². The third-order valence-electron chi connectivity index (χ3n) is 2.18. The zero-order valence-corrected chi connectivity index (χ0v) is 9.71. The maximum atomic E-state index is 12.3. The van der Waals surface area contributed by atoms with Crippen molar-refractivity contribution in [1.29, 1.82) is 0 Å². The molecule has 0 fully saturated rings. The Morgan fingerprint density at radius 2 is 2.25 bits per heavy atom. The van der Waals surface area contributed by atoms with Crippen molar-refractivity contribution in [2.75, 3.05) is 18.1 Å². The average Bonchev–Trinajstić information content (AvgIpc) is 2.22. The van der Waals surface area contributed by atoms with E-state index in [0.717, 1.165) is 4.90 Å². The Morgan fingerprint density at radius 3 is 2.94 bits per heavy atom. The van der Waals surface area contributed by atoms with Gasteiger partial charge in [0.2, 0.25) is 0 Å². The number of benzene rings is 1. The van der Waals surface area contributed by atoms with Crippen LogP contribution in [0.2, 0.25) is 0 Å². The smallest absolute Gasteiger partial charge is 0.265 e. The number of rotatable bonds is 2. The van der Waals surface area contributed by atoms with E-state index in [1.165, 1.54) is 0 Å². The molecule has 1 aliphatic heterocycles. The third-order valence-corrected chi connectivity index (χ3v) is 2.68. The van der Waals surface area contributed by atoms with Crippen LogP contribution in [-0.2, 0) is 4.79 Å². The number of fused-ring (bicyclic) bond motifs is 1. The number of carbonyl (C=O) groups is 1. The Kier molecular flexibility index (Phi) is 3.09. The molecular formula is C10H8BrF2NO2. The molecule has 16 heavy (non-hydrogen) atoms. The Labute approximate surface area is 99.1 Å². The van der Waals surface area contributed by atoms with Crippen LogP contribution in [0.25, 0.3) is 0 Å². The van der Waals surface area contributed by atoms with E-state index in [0.29, 0.717) is 15.9 Å². The predicted octanol–water partition coefficient (Wildman–Crippen LogP) is 2.44. The molecule has 0 saturated carbocycles. The summed E-state index contributed by atoms with van der Waals surface area (Å²) in [6.07, 6.45) is -2.56. The number of hydrogen-bond acceptors (Lipinski definition) is 2. The Bertz CT molecular complexity index is 425. The first-order valence-corrected chi connectivity index (χ1v) is 5.38. The maximum Gasteiger partial charge on any atom is 0.265 e. The molecule has 1 heterocycles. The van der Waals surface area contributed by atoms with Crippen LogP contribution < -0.4 is 9.64 Å². The molecule has 0 radical (unpaired) electrons. The van der Waals surface area contributed by atoms with Gasteiger partial charge in [0.1, 0.15) is 5.75 Å². The molecule has 0 spiro atoms. The van der Waals surface area contributed by atoms with Crippen molar-refractivity contribution in [1.82, 2.24) is 0 Å². The normalized spacial score (nSPS) is 15.0. The molecule has 86 valence electrons. The Morgan fingerprint density at radius 1 is 1.50 bits per heavy atom. The molecule has 0 atom stereocenters. The molecule has 1 aromatic carbocycles. The van der Waals surface area contributed by atoms with Gasteiger partial charge >= 0.3 is 0 Å². The largest absolute Gasteiger partial charge is 0.482 e. The number of alkyl halides is 2. The summed E-state index contributed by atoms with van der Waals surface area (Å²) in [5.74, 6) is -0.00523. The first-order chi connectivity index (χ1) is 7.58. The van der Waals surface area contributed by atoms with Gasteiger partial charge < -0.3 is 9.64 Å². The molecule has 0 unspecified atom stereocenters. The zero-order chi connectivity index (χ0) is 11.7. The average molecular weight is 292 g/mol. The minimum absolute atomic E-state index is 0.193. The van der Waals surface area contributed by atoms with E-state index < -0.39 is 18.9 Å². The SMILES string of the molecule is O=C1COc2ccc(Br)cc2N1CC(F)F. The van der Waals surface area contributed by atoms with Gasteiger partial charge in [0.15, 0.2) is 6.61 Å². The molecule has 3 nitrogen and oxygen atoms in total. The van der Waals surface area contributed by atoms with Gasteiger partial charge in [-0.2, -0.15) is 0 Å². The second kappa shape index (κ2) is 4.37. The number of anilines is 1. The number of nitrogens with zero attached hydrogens (tertiary/aromatic N) is 1. The quantitative estimate of drug-likeness (QED) is 0.838. The van der Waals surface area contributed by atoms with Crippen LogP contribution in [0.1, 0.15) is 0 Å². The van der Waals surface area contributed by atoms with E-state index in [9.17, 15) is 13.6 Å². The van der Waals surface area contributed by atoms with Gasteiger partial charge in [-0.1, -0.05) is 15.9 Å². The molecule has 0 aromatic heterocycles. The number of amides is 1. The van der Waals surface area contributed by atoms with Crippen LogP contribution in [0.3, 0.4) is 0 Å². The van der Waals surface area contributed by atoms with Crippen LogP contribution in [0.4, 0.5) is 14.5 Å². The van der Waals surface area contributed by atoms with E-state index in [1.807, 2.05) is 0 Å². The highest BCUT2D eigenvalue weighted by molar-refractivity contribution is 9.10. The van der Waals surface area contributed by atoms with Gasteiger partial charge in [0.05, 0.1) is 12.2 Å². The molecule has 0 N–H and O–H groups in total. The maximum absolute atomic E-state index is 12.3. The fourth-order valence-electron chi connectivity index (χ4n) is 1.51. The second-order valence-electron chi connectivity index (χ2n) is 3.30. The minimum Gasteiger partial charge on any atom is -0.482 e. The van der Waals surface area contributed by atoms with E-state index in [-0.39, 0.29) is 6.61 Å². The summed E-state index contributed by atoms with van der Waals surface area (Å²) in [6.45, 7) is -0.799. The van der Waals surface area contributed by atoms with Crippen molar-refractivity contribution in [3.05, 3.63) is 22.7 Å². The Balaban J connectivity index is 2.38. The molecule has 1 aromatic rings. The molecule has 0 bridgehead atoms. The highest BCUT2D eigenvalue weighted by Crippen LogP contribution is 2.34. The van der Waals surface area contributed by atoms with Crippen molar-refractivity contribution in [3.63, 3.8) is 0 Å². The summed E-state index contributed by atoms with van der Waals surface area (Å²) in [7, 11) is 0. The lowest BCUT2D eigenvalue weighted by atomic mass is 10.2. The molecule has 1 amide bonds. The summed E-state index contributed by atoms with van der Waals surface area (Å²) >= 11 is 3.22. The fraction of sp³-hybridized carbons (Fsp3) is 0.300. The standard InChI is InChI=1S/C10H8BrF2NO2/c11-6-1-2-8-7(3-6)14(4-9(12)13)10(15)5-16-8/h1-3,9H,4-5H2. The molecule has 2 rings (SSSR count). The first-order valence-electron chi connectivity index (χ1n) is 4.59. The van der Waals surface area contributed by atoms with Crippen LogP contribution in [0.15, 0.2) is 22.7 Å². The summed E-state index contributed by atoms with van der Waals surface area (Å²) in [6, 6.07) is 4.97. The molecule has 0 saturated heterocycles. The third kappa shape index (κ3) is 2.16. The van der Waals surface area contributed by atoms with Gasteiger partial charge in [-0.05, 0) is 18.2 Å². The molecular weight excluding hydrogens is 284 g/mol. The molecule has 1 aliphatic rings. The van der Waals surface area contributed by atoms with Crippen molar-refractivity contribution >= 4 is 27.5 Å². The minimum atomic E-state index is -2.56. The van der Waals surface area contributed by atoms with E-state index in [2.05, 4.69) is 15.9 Å². The number of halogens is 3. The van der Waals surface area contributed by atoms with Crippen LogP contribution in [0.5, 0.6) is 5.75 Å². The van der Waals surface area contributed by atoms with Crippen molar-refractivity contribution < 1.29 is 18.3 Å². The highest BCUT2D eigenvalue weighted by Gasteiger charge is 2.27. The zero-order valence-electron chi connectivity index (χ0n) is 8.12. The highest BCUT2D eigenvalue weighted by atomic mass is 79.9. The summed E-state index contributed by atoms with van der Waals surface area (Å²) < 4.78 is 30.5. The Hall–Kier alpha value is -1.17. The second-order valence-corrected chi connectivity index (χ2v) is 4.21. The van der Waals surface area contributed by atoms with E-state index in [4.69, 9.17) is 4.74 Å². The number of ether oxygens (including phenoxy) is 1. The van der Waals surface area contributed by atoms with Gasteiger partial charge in [-0.25, -0.2) is 8.78 Å².